The van der Waals surface area contributed by atoms with Gasteiger partial charge in [-0.05, 0) is 71.2 Å². The van der Waals surface area contributed by atoms with Gasteiger partial charge in [0, 0.05) is 0 Å². The summed E-state index contributed by atoms with van der Waals surface area (Å²) >= 11 is 0. The van der Waals surface area contributed by atoms with Gasteiger partial charge in [0.2, 0.25) is 0 Å². The summed E-state index contributed by atoms with van der Waals surface area (Å²) in [5.74, 6) is 1.63. The largest absolute Gasteiger partial charge is 0.508 e. The quantitative estimate of drug-likeness (QED) is 0.518. The van der Waals surface area contributed by atoms with E-state index in [9.17, 15) is 10.2 Å². The zero-order chi connectivity index (χ0) is 22.1. The number of ether oxygens (including phenoxy) is 3. The molecule has 5 nitrogen and oxygen atoms in total. The van der Waals surface area contributed by atoms with Crippen LogP contribution >= 0.6 is 0 Å². The van der Waals surface area contributed by atoms with Gasteiger partial charge in [0.1, 0.15) is 35.9 Å². The van der Waals surface area contributed by atoms with Gasteiger partial charge in [-0.3, -0.25) is 0 Å². The molecule has 2 heterocycles. The van der Waals surface area contributed by atoms with Crippen molar-refractivity contribution in [2.45, 2.75) is 65.0 Å². The van der Waals surface area contributed by atoms with Crippen LogP contribution in [0.5, 0.6) is 11.5 Å². The Hall–Kier alpha value is -2.08. The number of phenolic OH excluding ortho intramolecular Hbond substituents is 2. The summed E-state index contributed by atoms with van der Waals surface area (Å²) in [7, 11) is 0. The molecule has 2 saturated heterocycles. The number of hydrogen-bond donors (Lipinski definition) is 2. The first kappa shape index (κ1) is 22.1. The zero-order valence-electron chi connectivity index (χ0n) is 18.9. The summed E-state index contributed by atoms with van der Waals surface area (Å²) in [5, 5.41) is 19.7. The van der Waals surface area contributed by atoms with E-state index in [2.05, 4.69) is 27.7 Å². The molecular weight excluding hydrogens is 392 g/mol. The van der Waals surface area contributed by atoms with Crippen LogP contribution in [0.25, 0.3) is 0 Å². The Kier molecular flexibility index (Phi) is 6.56. The summed E-state index contributed by atoms with van der Waals surface area (Å²) in [4.78, 5) is 0. The molecule has 0 aliphatic carbocycles. The smallest absolute Gasteiger partial charge is 0.115 e. The second-order valence-electron chi connectivity index (χ2n) is 9.69. The molecule has 0 radical (unpaired) electrons. The average Bonchev–Trinajstić information content (AvgIpc) is 3.58. The minimum Gasteiger partial charge on any atom is -0.508 e. The number of rotatable bonds is 10. The molecule has 0 amide bonds. The number of benzene rings is 2. The van der Waals surface area contributed by atoms with Gasteiger partial charge in [-0.1, -0.05) is 39.8 Å². The zero-order valence-corrected chi connectivity index (χ0v) is 18.9. The van der Waals surface area contributed by atoms with Crippen LogP contribution in [0.3, 0.4) is 0 Å². The van der Waals surface area contributed by atoms with E-state index in [1.165, 1.54) is 0 Å². The molecule has 0 bridgehead atoms. The molecule has 4 rings (SSSR count). The lowest BCUT2D eigenvalue weighted by Gasteiger charge is -2.11. The predicted molar refractivity (Wildman–Crippen MR) is 119 cm³/mol. The molecular formula is C26H34O5. The van der Waals surface area contributed by atoms with E-state index in [1.54, 1.807) is 12.1 Å². The van der Waals surface area contributed by atoms with Crippen molar-refractivity contribution in [3.63, 3.8) is 0 Å². The second kappa shape index (κ2) is 9.19. The first-order valence-electron chi connectivity index (χ1n) is 11.3. The molecule has 0 aromatic heterocycles. The maximum absolute atomic E-state index is 9.84. The SMILES string of the molecule is CC(C)Cc1cc(O)ccc1C1OC1COCC1OC1c1ccc(O)cc1CC(C)C. The highest BCUT2D eigenvalue weighted by Gasteiger charge is 2.44. The Bertz CT molecular complexity index is 833. The van der Waals surface area contributed by atoms with Gasteiger partial charge in [-0.2, -0.15) is 0 Å². The van der Waals surface area contributed by atoms with Gasteiger partial charge in [0.15, 0.2) is 0 Å². The number of hydrogen-bond acceptors (Lipinski definition) is 5. The van der Waals surface area contributed by atoms with Crippen molar-refractivity contribution in [2.75, 3.05) is 13.2 Å². The molecule has 4 atom stereocenters. The van der Waals surface area contributed by atoms with Crippen LogP contribution in [0.1, 0.15) is 62.2 Å². The van der Waals surface area contributed by atoms with E-state index in [1.807, 2.05) is 24.3 Å². The van der Waals surface area contributed by atoms with E-state index in [4.69, 9.17) is 14.2 Å². The van der Waals surface area contributed by atoms with Crippen molar-refractivity contribution in [1.82, 2.24) is 0 Å². The molecule has 2 aromatic carbocycles. The summed E-state index contributed by atoms with van der Waals surface area (Å²) in [5.41, 5.74) is 4.61. The summed E-state index contributed by atoms with van der Waals surface area (Å²) in [6.07, 6.45) is 2.02. The number of phenols is 2. The van der Waals surface area contributed by atoms with E-state index in [0.29, 0.717) is 36.5 Å². The Morgan fingerprint density at radius 1 is 0.742 bits per heavy atom. The first-order chi connectivity index (χ1) is 14.8. The number of epoxide rings is 2. The van der Waals surface area contributed by atoms with Crippen molar-refractivity contribution in [1.29, 1.82) is 0 Å². The highest BCUT2D eigenvalue weighted by molar-refractivity contribution is 5.39. The molecule has 0 saturated carbocycles. The normalized spacial score (nSPS) is 24.7. The summed E-state index contributed by atoms with van der Waals surface area (Å²) < 4.78 is 17.7. The molecule has 168 valence electrons. The molecule has 2 N–H and O–H groups in total. The van der Waals surface area contributed by atoms with Gasteiger partial charge in [-0.25, -0.2) is 0 Å². The van der Waals surface area contributed by atoms with Crippen molar-refractivity contribution in [2.24, 2.45) is 11.8 Å². The van der Waals surface area contributed by atoms with Gasteiger partial charge in [0.25, 0.3) is 0 Å². The second-order valence-corrected chi connectivity index (χ2v) is 9.69. The van der Waals surface area contributed by atoms with Gasteiger partial charge in [0.05, 0.1) is 13.2 Å². The fraction of sp³-hybridized carbons (Fsp3) is 0.538. The Morgan fingerprint density at radius 3 is 1.55 bits per heavy atom. The highest BCUT2D eigenvalue weighted by Crippen LogP contribution is 2.44. The topological polar surface area (TPSA) is 74.8 Å². The maximum Gasteiger partial charge on any atom is 0.115 e. The number of aromatic hydroxyl groups is 2. The van der Waals surface area contributed by atoms with Crippen LogP contribution in [0, 0.1) is 11.8 Å². The molecule has 5 heteroatoms. The summed E-state index contributed by atoms with van der Waals surface area (Å²) in [6, 6.07) is 11.1. The van der Waals surface area contributed by atoms with Crippen molar-refractivity contribution < 1.29 is 24.4 Å². The molecule has 2 aliphatic rings. The Labute approximate surface area is 185 Å². The van der Waals surface area contributed by atoms with Crippen LogP contribution in [0.2, 0.25) is 0 Å². The monoisotopic (exact) mass is 426 g/mol. The molecule has 31 heavy (non-hydrogen) atoms. The molecule has 2 aliphatic heterocycles. The third-order valence-corrected chi connectivity index (χ3v) is 5.85. The van der Waals surface area contributed by atoms with Crippen LogP contribution < -0.4 is 0 Å². The fourth-order valence-corrected chi connectivity index (χ4v) is 4.36. The van der Waals surface area contributed by atoms with E-state index in [-0.39, 0.29) is 24.4 Å². The van der Waals surface area contributed by atoms with Gasteiger partial charge < -0.3 is 24.4 Å². The molecule has 2 fully saturated rings. The average molecular weight is 427 g/mol. The van der Waals surface area contributed by atoms with E-state index >= 15 is 0 Å². The highest BCUT2D eigenvalue weighted by atomic mass is 16.6. The third kappa shape index (κ3) is 5.59. The van der Waals surface area contributed by atoms with Crippen LogP contribution in [-0.2, 0) is 27.1 Å². The lowest BCUT2D eigenvalue weighted by molar-refractivity contribution is 0.102. The lowest BCUT2D eigenvalue weighted by atomic mass is 9.95. The standard InChI is InChI=1S/C26H34O5/c1-15(2)9-17-11-19(27)5-7-21(17)25-23(30-25)13-29-14-24-26(31-24)22-8-6-20(28)12-18(22)10-16(3)4/h5-8,11-12,15-16,23-28H,9-10,13-14H2,1-4H3. The maximum atomic E-state index is 9.84. The van der Waals surface area contributed by atoms with Crippen molar-refractivity contribution in [3.05, 3.63) is 58.7 Å². The van der Waals surface area contributed by atoms with Gasteiger partial charge in [-0.15, -0.1) is 0 Å². The van der Waals surface area contributed by atoms with Crippen LogP contribution in [0.15, 0.2) is 36.4 Å². The molecule has 0 spiro atoms. The molecule has 4 unspecified atom stereocenters. The Balaban J connectivity index is 1.28. The van der Waals surface area contributed by atoms with Crippen LogP contribution in [-0.4, -0.2) is 35.6 Å². The van der Waals surface area contributed by atoms with Crippen molar-refractivity contribution in [3.8, 4) is 11.5 Å². The minimum atomic E-state index is 0.0417. The fourth-order valence-electron chi connectivity index (χ4n) is 4.36. The minimum absolute atomic E-state index is 0.0417. The van der Waals surface area contributed by atoms with E-state index in [0.717, 1.165) is 35.1 Å². The lowest BCUT2D eigenvalue weighted by Crippen LogP contribution is -2.09. The predicted octanol–water partition coefficient (Wildman–Crippen LogP) is 5.09. The first-order valence-corrected chi connectivity index (χ1v) is 11.3. The van der Waals surface area contributed by atoms with Crippen LogP contribution in [0.4, 0.5) is 0 Å². The Morgan fingerprint density at radius 2 is 1.16 bits per heavy atom. The van der Waals surface area contributed by atoms with Crippen molar-refractivity contribution >= 4 is 0 Å². The van der Waals surface area contributed by atoms with E-state index < -0.39 is 0 Å². The third-order valence-electron chi connectivity index (χ3n) is 5.85. The molecule has 2 aromatic rings. The van der Waals surface area contributed by atoms with Gasteiger partial charge >= 0.3 is 0 Å². The summed E-state index contributed by atoms with van der Waals surface area (Å²) in [6.45, 7) is 9.77.